The lowest BCUT2D eigenvalue weighted by atomic mass is 10.1. The van der Waals surface area contributed by atoms with Crippen molar-refractivity contribution in [2.24, 2.45) is 0 Å². The number of aromatic nitrogens is 8. The van der Waals surface area contributed by atoms with Gasteiger partial charge in [-0.15, -0.1) is 58.5 Å². The summed E-state index contributed by atoms with van der Waals surface area (Å²) in [6.45, 7) is 25.2. The van der Waals surface area contributed by atoms with E-state index in [0.717, 1.165) is 177 Å². The maximum atomic E-state index is 11.2. The van der Waals surface area contributed by atoms with Gasteiger partial charge < -0.3 is 61.4 Å². The number of hydrogen-bond acceptors (Lipinski definition) is 24. The Morgan fingerprint density at radius 1 is 0.297 bits per heavy atom. The van der Waals surface area contributed by atoms with E-state index in [-0.39, 0.29) is 35.1 Å². The van der Waals surface area contributed by atoms with E-state index in [0.29, 0.717) is 73.1 Å². The Balaban J connectivity index is 0.000000155. The van der Waals surface area contributed by atoms with Crippen LogP contribution in [0.1, 0.15) is 139 Å². The maximum Gasteiger partial charge on any atom is 0.335 e. The summed E-state index contributed by atoms with van der Waals surface area (Å²) in [6.07, 6.45) is 7.90. The van der Waals surface area contributed by atoms with Crippen molar-refractivity contribution >= 4 is 127 Å². The largest absolute Gasteiger partial charge is 0.494 e. The zero-order valence-electron chi connectivity index (χ0n) is 76.9. The monoisotopic (exact) mass is 1920 g/mol. The Bertz CT molecular complexity index is 7030. The average Bonchev–Trinajstić information content (AvgIpc) is 1.46. The molecule has 30 heteroatoms. The van der Waals surface area contributed by atoms with Gasteiger partial charge in [-0.25, -0.2) is 59.0 Å². The van der Waals surface area contributed by atoms with Gasteiger partial charge in [-0.3, -0.25) is 9.59 Å². The third-order valence-electron chi connectivity index (χ3n) is 21.7. The number of carboxylic acid groups (broad SMARTS) is 6. The molecule has 0 aliphatic rings. The minimum atomic E-state index is -0.981. The highest BCUT2D eigenvalue weighted by Crippen LogP contribution is 2.42. The molecule has 0 radical (unpaired) electrons. The highest BCUT2D eigenvalue weighted by Gasteiger charge is 2.23. The molecule has 0 atom stereocenters. The molecule has 8 aromatic carbocycles. The van der Waals surface area contributed by atoms with Gasteiger partial charge in [0.25, 0.3) is 0 Å². The minimum absolute atomic E-state index is 0.00627. The maximum absolute atomic E-state index is 11.2. The molecule has 0 saturated carbocycles. The second kappa shape index (κ2) is 47.3. The van der Waals surface area contributed by atoms with E-state index in [1.54, 1.807) is 120 Å². The zero-order chi connectivity index (χ0) is 98.1. The first-order valence-electron chi connectivity index (χ1n) is 44.4. The normalized spacial score (nSPS) is 10.7. The van der Waals surface area contributed by atoms with Crippen molar-refractivity contribution in [1.29, 1.82) is 0 Å². The number of allylic oxidation sites excluding steroid dienone is 2. The van der Waals surface area contributed by atoms with Gasteiger partial charge in [0.1, 0.15) is 34.8 Å². The third-order valence-corrected chi connectivity index (χ3v) is 26.2. The number of benzene rings is 8. The number of carboxylic acids is 6. The lowest BCUT2D eigenvalue weighted by molar-refractivity contribution is -0.137. The van der Waals surface area contributed by atoms with Crippen LogP contribution in [0.25, 0.3) is 84.6 Å². The lowest BCUT2D eigenvalue weighted by Gasteiger charge is -2.15. The first-order valence-corrected chi connectivity index (χ1v) is 47.7. The van der Waals surface area contributed by atoms with Crippen LogP contribution in [0.3, 0.4) is 0 Å². The van der Waals surface area contributed by atoms with E-state index in [2.05, 4.69) is 104 Å². The first kappa shape index (κ1) is 99.5. The predicted octanol–water partition coefficient (Wildman–Crippen LogP) is 25.6. The van der Waals surface area contributed by atoms with Crippen molar-refractivity contribution in [2.75, 3.05) is 34.5 Å². The van der Waals surface area contributed by atoms with E-state index >= 15 is 0 Å². The average molecular weight is 1920 g/mol. The molecule has 700 valence electrons. The summed E-state index contributed by atoms with van der Waals surface area (Å²) < 4.78 is 11.1. The molecular weight excluding hydrogens is 1820 g/mol. The number of aryl methyl sites for hydroxylation is 4. The summed E-state index contributed by atoms with van der Waals surface area (Å²) >= 11 is 6.36. The highest BCUT2D eigenvalue weighted by atomic mass is 32.1. The van der Waals surface area contributed by atoms with E-state index in [4.69, 9.17) is 80.0 Å². The number of thiophene rings is 4. The van der Waals surface area contributed by atoms with Gasteiger partial charge in [0.2, 0.25) is 0 Å². The second-order valence-corrected chi connectivity index (χ2v) is 35.4. The number of nitrogens with zero attached hydrogens (tertiary/aromatic N) is 8. The van der Waals surface area contributed by atoms with Crippen molar-refractivity contribution in [1.82, 2.24) is 39.9 Å². The molecular formula is C108H100N12O14S4. The molecule has 8 aromatic heterocycles. The molecule has 26 nitrogen and oxygen atoms in total. The summed E-state index contributed by atoms with van der Waals surface area (Å²) in [5, 5.41) is 67.9. The predicted molar refractivity (Wildman–Crippen MR) is 550 cm³/mol. The molecule has 0 bridgehead atoms. The van der Waals surface area contributed by atoms with Crippen molar-refractivity contribution in [3.63, 3.8) is 0 Å². The van der Waals surface area contributed by atoms with Crippen LogP contribution >= 0.6 is 45.3 Å². The smallest absolute Gasteiger partial charge is 0.335 e. The van der Waals surface area contributed by atoms with Crippen LogP contribution in [0, 0.1) is 13.8 Å². The zero-order valence-corrected chi connectivity index (χ0v) is 80.2. The number of nitrogens with one attached hydrogen (secondary N) is 4. The van der Waals surface area contributed by atoms with Gasteiger partial charge in [-0.05, 0) is 294 Å². The fraction of sp³-hybridized carbons (Fsp3) is 0.167. The van der Waals surface area contributed by atoms with Gasteiger partial charge in [-0.1, -0.05) is 88.4 Å². The molecule has 138 heavy (non-hydrogen) atoms. The molecule has 10 N–H and O–H groups in total. The fourth-order valence-electron chi connectivity index (χ4n) is 14.7. The standard InChI is InChI=1S/C28H29N3O3S.C27H23N3O4S.C27H27N3O3S.C26H21N3O4S/c1-4-22-23(5-2)30-28(31-27(22)29-20-11-7-18(8-12-20)17-26(32)33)25-16-15-24(35-25)19-9-13-21(14-10-19)34-6-3;1-3-5-20-21(4-2)29-25(30-24(20)28-19-12-10-18(11-13-19)27(33)34)23-15-14-22(35-23)16-6-8-17(9-7-16)26(31)32;1-4-22-17(3)28-27(30-26(22)29-20-10-6-18(7-11-20)16-25(31)32)24-15-14-23(34-24)19-8-12-21(13-9-19)33-5-2;1-3-4-20-15(2)27-24(29-23(20)28-19-11-9-18(10-12-19)26(32)33)22-14-13-21(34-22)16-5-7-17(8-6-16)25(30)31/h7-16H,4-6,17H2,1-3H3,(H,32,33)(H,29,30,31);3,6-15H,1,4-5H2,2H3,(H,31,32)(H,33,34)(H,28,29,30);6-15H,4-5,16H2,1-3H3,(H,31,32)(H,28,29,30);3,5-14H,1,4H2,2H3,(H,30,31)(H,32,33)(H,27,28,29). The molecule has 16 rings (SSSR count). The van der Waals surface area contributed by atoms with E-state index in [1.165, 1.54) is 34.8 Å². The molecule has 0 amide bonds. The number of aliphatic carboxylic acids is 2. The topological polar surface area (TPSA) is 393 Å². The Labute approximate surface area is 814 Å². The summed E-state index contributed by atoms with van der Waals surface area (Å²) in [5.41, 5.74) is 17.3. The summed E-state index contributed by atoms with van der Waals surface area (Å²) in [7, 11) is 0. The SMILES string of the molecule is C=CCc1c(C)nc(-c2ccc(-c3ccc(C(=O)O)cc3)s2)nc1Nc1ccc(C(=O)O)cc1.C=CCc1c(CC)nc(-c2ccc(-c3ccc(C(=O)O)cc3)s2)nc1Nc1ccc(C(=O)O)cc1.CCOc1ccc(-c2ccc(-c3nc(C)c(CC)c(Nc4ccc(CC(=O)O)cc4)n3)s2)cc1.CCOc1ccc(-c2ccc(-c3nc(CC)c(CC)c(Nc4ccc(CC(=O)O)cc4)n3)s2)cc1. The van der Waals surface area contributed by atoms with Crippen LogP contribution in [0.5, 0.6) is 11.5 Å². The lowest BCUT2D eigenvalue weighted by Crippen LogP contribution is -2.07. The molecule has 0 fully saturated rings. The molecule has 0 saturated heterocycles. The number of anilines is 8. The van der Waals surface area contributed by atoms with E-state index < -0.39 is 35.8 Å². The summed E-state index contributed by atoms with van der Waals surface area (Å²) in [5.74, 6) is 1.54. The van der Waals surface area contributed by atoms with Crippen molar-refractivity contribution < 1.29 is 68.9 Å². The van der Waals surface area contributed by atoms with Crippen molar-refractivity contribution in [3.05, 3.63) is 346 Å². The van der Waals surface area contributed by atoms with Crippen LogP contribution in [0.15, 0.2) is 268 Å². The molecule has 0 spiro atoms. The number of aromatic carboxylic acids is 4. The van der Waals surface area contributed by atoms with E-state index in [9.17, 15) is 28.8 Å². The van der Waals surface area contributed by atoms with Gasteiger partial charge >= 0.3 is 35.8 Å². The number of ether oxygens (including phenoxy) is 2. The Morgan fingerprint density at radius 3 is 0.841 bits per heavy atom. The number of hydrogen-bond donors (Lipinski definition) is 10. The second-order valence-electron chi connectivity index (χ2n) is 31.1. The highest BCUT2D eigenvalue weighted by molar-refractivity contribution is 7.19. The fourth-order valence-corrected chi connectivity index (χ4v) is 18.5. The van der Waals surface area contributed by atoms with Crippen molar-refractivity contribution in [3.8, 4) is 96.1 Å². The first-order chi connectivity index (χ1) is 66.7. The van der Waals surface area contributed by atoms with Crippen LogP contribution in [-0.4, -0.2) is 120 Å². The van der Waals surface area contributed by atoms with Crippen LogP contribution in [0.4, 0.5) is 46.0 Å². The number of rotatable bonds is 36. The van der Waals surface area contributed by atoms with Crippen LogP contribution < -0.4 is 30.7 Å². The molecule has 0 unspecified atom stereocenters. The summed E-state index contributed by atoms with van der Waals surface area (Å²) in [4.78, 5) is 113. The van der Waals surface area contributed by atoms with Gasteiger partial charge in [-0.2, -0.15) is 0 Å². The van der Waals surface area contributed by atoms with Crippen LogP contribution in [0.2, 0.25) is 0 Å². The minimum Gasteiger partial charge on any atom is -0.494 e. The summed E-state index contributed by atoms with van der Waals surface area (Å²) in [6, 6.07) is 73.7. The molecule has 0 aliphatic carbocycles. The van der Waals surface area contributed by atoms with Crippen molar-refractivity contribution in [2.45, 2.75) is 107 Å². The van der Waals surface area contributed by atoms with Gasteiger partial charge in [0.15, 0.2) is 23.3 Å². The number of carbonyl (C=O) groups is 6. The Morgan fingerprint density at radius 2 is 0.551 bits per heavy atom. The molecule has 16 aromatic rings. The quantitative estimate of drug-likeness (QED) is 0.0163. The Hall–Kier alpha value is -16.0. The Kier molecular flexibility index (Phi) is 34.1. The van der Waals surface area contributed by atoms with Crippen LogP contribution in [-0.2, 0) is 61.0 Å². The van der Waals surface area contributed by atoms with E-state index in [1.807, 2.05) is 132 Å². The van der Waals surface area contributed by atoms with Gasteiger partial charge in [0, 0.05) is 87.3 Å². The molecule has 8 heterocycles. The van der Waals surface area contributed by atoms with Gasteiger partial charge in [0.05, 0.1) is 67.8 Å². The molecule has 0 aliphatic heterocycles. The third kappa shape index (κ3) is 25.9.